The molecule has 0 bridgehead atoms. The Morgan fingerprint density at radius 2 is 2.00 bits per heavy atom. The van der Waals surface area contributed by atoms with Crippen LogP contribution in [0.25, 0.3) is 0 Å². The zero-order valence-electron chi connectivity index (χ0n) is 10.4. The summed E-state index contributed by atoms with van der Waals surface area (Å²) >= 11 is 0. The van der Waals surface area contributed by atoms with Crippen LogP contribution < -0.4 is 5.32 Å². The highest BCUT2D eigenvalue weighted by Crippen LogP contribution is 2.23. The summed E-state index contributed by atoms with van der Waals surface area (Å²) in [7, 11) is 2.19. The van der Waals surface area contributed by atoms with Gasteiger partial charge in [-0.3, -0.25) is 0 Å². The maximum absolute atomic E-state index is 9.50. The normalized spacial score (nSPS) is 33.4. The predicted molar refractivity (Wildman–Crippen MR) is 65.6 cm³/mol. The van der Waals surface area contributed by atoms with Gasteiger partial charge in [-0.2, -0.15) is 0 Å². The number of aliphatic hydroxyl groups excluding tert-OH is 1. The van der Waals surface area contributed by atoms with Gasteiger partial charge >= 0.3 is 0 Å². The molecule has 2 aliphatic rings. The lowest BCUT2D eigenvalue weighted by Crippen LogP contribution is -2.49. The van der Waals surface area contributed by atoms with E-state index in [0.717, 1.165) is 25.9 Å². The molecule has 4 heteroatoms. The zero-order chi connectivity index (χ0) is 11.4. The first-order chi connectivity index (χ1) is 7.74. The van der Waals surface area contributed by atoms with E-state index in [1.165, 1.54) is 32.6 Å². The average molecular weight is 227 g/mol. The molecule has 2 heterocycles. The summed E-state index contributed by atoms with van der Waals surface area (Å²) in [6.07, 6.45) is 3.44. The Morgan fingerprint density at radius 3 is 2.56 bits per heavy atom. The molecule has 0 amide bonds. The van der Waals surface area contributed by atoms with Gasteiger partial charge in [0.1, 0.15) is 0 Å². The van der Waals surface area contributed by atoms with Crippen LogP contribution in [-0.4, -0.2) is 73.4 Å². The first-order valence-corrected chi connectivity index (χ1v) is 6.51. The zero-order valence-corrected chi connectivity index (χ0v) is 10.4. The number of likely N-dealkylation sites (N-methyl/N-ethyl adjacent to an activating group) is 1. The molecule has 1 unspecified atom stereocenters. The topological polar surface area (TPSA) is 38.7 Å². The Bertz CT molecular complexity index is 208. The molecule has 2 rings (SSSR count). The third-order valence-electron chi connectivity index (χ3n) is 4.14. The van der Waals surface area contributed by atoms with Gasteiger partial charge in [0.25, 0.3) is 0 Å². The molecule has 0 saturated carbocycles. The second-order valence-electron chi connectivity index (χ2n) is 5.36. The van der Waals surface area contributed by atoms with E-state index in [0.29, 0.717) is 6.61 Å². The van der Waals surface area contributed by atoms with Gasteiger partial charge in [0.15, 0.2) is 0 Å². The van der Waals surface area contributed by atoms with Crippen molar-refractivity contribution in [2.45, 2.75) is 24.8 Å². The molecule has 94 valence electrons. The molecular weight excluding hydrogens is 202 g/mol. The first kappa shape index (κ1) is 12.3. The van der Waals surface area contributed by atoms with Crippen LogP contribution in [0.1, 0.15) is 19.3 Å². The van der Waals surface area contributed by atoms with Crippen LogP contribution in [-0.2, 0) is 0 Å². The number of rotatable bonds is 4. The number of nitrogens with zero attached hydrogens (tertiary/aromatic N) is 2. The van der Waals surface area contributed by atoms with Crippen molar-refractivity contribution in [3.63, 3.8) is 0 Å². The lowest BCUT2D eigenvalue weighted by atomic mass is 9.94. The molecule has 16 heavy (non-hydrogen) atoms. The van der Waals surface area contributed by atoms with Crippen LogP contribution in [0.2, 0.25) is 0 Å². The predicted octanol–water partition coefficient (Wildman–Crippen LogP) is -0.262. The Kier molecular flexibility index (Phi) is 4.19. The molecular formula is C12H25N3O. The molecule has 0 aromatic heterocycles. The van der Waals surface area contributed by atoms with E-state index in [2.05, 4.69) is 22.2 Å². The average Bonchev–Trinajstić information content (AvgIpc) is 2.78. The van der Waals surface area contributed by atoms with Crippen LogP contribution in [0, 0.1) is 0 Å². The Morgan fingerprint density at radius 1 is 1.25 bits per heavy atom. The standard InChI is InChI=1S/C12H25N3O/c1-14-7-9-15(10-8-14)6-4-12(11-16)3-2-5-13-12/h13,16H,2-11H2,1H3. The van der Waals surface area contributed by atoms with E-state index < -0.39 is 0 Å². The minimum Gasteiger partial charge on any atom is -0.394 e. The molecule has 0 radical (unpaired) electrons. The SMILES string of the molecule is CN1CCN(CCC2(CO)CCCN2)CC1. The smallest absolute Gasteiger partial charge is 0.0613 e. The van der Waals surface area contributed by atoms with Crippen molar-refractivity contribution in [1.82, 2.24) is 15.1 Å². The number of piperazine rings is 1. The summed E-state index contributed by atoms with van der Waals surface area (Å²) in [4.78, 5) is 4.91. The lowest BCUT2D eigenvalue weighted by Gasteiger charge is -2.35. The van der Waals surface area contributed by atoms with Crippen LogP contribution >= 0.6 is 0 Å². The van der Waals surface area contributed by atoms with E-state index in [9.17, 15) is 5.11 Å². The highest BCUT2D eigenvalue weighted by atomic mass is 16.3. The van der Waals surface area contributed by atoms with Gasteiger partial charge in [-0.1, -0.05) is 0 Å². The minimum absolute atomic E-state index is 0.0311. The number of aliphatic hydroxyl groups is 1. The summed E-state index contributed by atoms with van der Waals surface area (Å²) < 4.78 is 0. The van der Waals surface area contributed by atoms with Crippen molar-refractivity contribution in [3.05, 3.63) is 0 Å². The Balaban J connectivity index is 1.73. The molecule has 2 saturated heterocycles. The summed E-state index contributed by atoms with van der Waals surface area (Å²) in [5, 5.41) is 13.0. The van der Waals surface area contributed by atoms with Crippen molar-refractivity contribution in [3.8, 4) is 0 Å². The van der Waals surface area contributed by atoms with Gasteiger partial charge in [-0.15, -0.1) is 0 Å². The monoisotopic (exact) mass is 227 g/mol. The molecule has 2 N–H and O–H groups in total. The van der Waals surface area contributed by atoms with Crippen molar-refractivity contribution >= 4 is 0 Å². The summed E-state index contributed by atoms with van der Waals surface area (Å²) in [6, 6.07) is 0. The van der Waals surface area contributed by atoms with E-state index in [1.54, 1.807) is 0 Å². The van der Waals surface area contributed by atoms with Crippen molar-refractivity contribution in [2.75, 3.05) is 52.9 Å². The molecule has 1 atom stereocenters. The number of hydrogen-bond donors (Lipinski definition) is 2. The van der Waals surface area contributed by atoms with Gasteiger partial charge in [0, 0.05) is 38.3 Å². The molecule has 4 nitrogen and oxygen atoms in total. The van der Waals surface area contributed by atoms with Crippen LogP contribution in [0.15, 0.2) is 0 Å². The summed E-state index contributed by atoms with van der Waals surface area (Å²) in [5.74, 6) is 0. The van der Waals surface area contributed by atoms with Crippen LogP contribution in [0.5, 0.6) is 0 Å². The maximum Gasteiger partial charge on any atom is 0.0613 e. The number of hydrogen-bond acceptors (Lipinski definition) is 4. The van der Waals surface area contributed by atoms with Gasteiger partial charge in [0.05, 0.1) is 6.61 Å². The van der Waals surface area contributed by atoms with Gasteiger partial charge in [-0.05, 0) is 32.9 Å². The van der Waals surface area contributed by atoms with Crippen molar-refractivity contribution in [1.29, 1.82) is 0 Å². The third kappa shape index (κ3) is 2.94. The minimum atomic E-state index is 0.0311. The van der Waals surface area contributed by atoms with Crippen LogP contribution in [0.4, 0.5) is 0 Å². The fraction of sp³-hybridized carbons (Fsp3) is 1.00. The van der Waals surface area contributed by atoms with Gasteiger partial charge in [-0.25, -0.2) is 0 Å². The Hall–Kier alpha value is -0.160. The third-order valence-corrected chi connectivity index (χ3v) is 4.14. The van der Waals surface area contributed by atoms with E-state index in [1.807, 2.05) is 0 Å². The number of nitrogens with one attached hydrogen (secondary N) is 1. The fourth-order valence-corrected chi connectivity index (χ4v) is 2.74. The Labute approximate surface area is 98.6 Å². The molecule has 0 spiro atoms. The lowest BCUT2D eigenvalue weighted by molar-refractivity contribution is 0.118. The summed E-state index contributed by atoms with van der Waals surface area (Å²) in [6.45, 7) is 7.21. The van der Waals surface area contributed by atoms with Crippen molar-refractivity contribution in [2.24, 2.45) is 0 Å². The molecule has 0 aliphatic carbocycles. The quantitative estimate of drug-likeness (QED) is 0.694. The van der Waals surface area contributed by atoms with E-state index >= 15 is 0 Å². The van der Waals surface area contributed by atoms with Crippen LogP contribution in [0.3, 0.4) is 0 Å². The van der Waals surface area contributed by atoms with E-state index in [-0.39, 0.29) is 5.54 Å². The molecule has 2 fully saturated rings. The highest BCUT2D eigenvalue weighted by molar-refractivity contribution is 4.93. The fourth-order valence-electron chi connectivity index (χ4n) is 2.74. The largest absolute Gasteiger partial charge is 0.394 e. The van der Waals surface area contributed by atoms with Crippen molar-refractivity contribution < 1.29 is 5.11 Å². The summed E-state index contributed by atoms with van der Waals surface area (Å²) in [5.41, 5.74) is 0.0311. The maximum atomic E-state index is 9.50. The molecule has 2 aliphatic heterocycles. The second-order valence-corrected chi connectivity index (χ2v) is 5.36. The second kappa shape index (κ2) is 5.45. The van der Waals surface area contributed by atoms with Gasteiger partial charge in [0.2, 0.25) is 0 Å². The first-order valence-electron chi connectivity index (χ1n) is 6.51. The molecule has 0 aromatic rings. The molecule has 0 aromatic carbocycles. The van der Waals surface area contributed by atoms with Gasteiger partial charge < -0.3 is 20.2 Å². The highest BCUT2D eigenvalue weighted by Gasteiger charge is 2.32. The van der Waals surface area contributed by atoms with E-state index in [4.69, 9.17) is 0 Å².